The summed E-state index contributed by atoms with van der Waals surface area (Å²) >= 11 is 1.71. The maximum Gasteiger partial charge on any atom is 0.185 e. The number of aromatic nitrogens is 1. The van der Waals surface area contributed by atoms with Gasteiger partial charge in [-0.25, -0.2) is 4.98 Å². The SMILES string of the molecule is CCN1CCCC1CN(C)c1ncc(C(C)N)s1. The molecule has 5 heteroatoms. The van der Waals surface area contributed by atoms with Crippen LogP contribution in [0.25, 0.3) is 0 Å². The van der Waals surface area contributed by atoms with Crippen LogP contribution < -0.4 is 10.6 Å². The molecule has 1 fully saturated rings. The second kappa shape index (κ2) is 5.99. The molecule has 2 heterocycles. The highest BCUT2D eigenvalue weighted by Gasteiger charge is 2.24. The van der Waals surface area contributed by atoms with Crippen molar-refractivity contribution >= 4 is 16.5 Å². The van der Waals surface area contributed by atoms with Crippen molar-refractivity contribution in [1.29, 1.82) is 0 Å². The number of nitrogens with two attached hydrogens (primary N) is 1. The molecular formula is C13H24N4S. The Bertz CT molecular complexity index is 377. The van der Waals surface area contributed by atoms with E-state index in [1.165, 1.54) is 19.4 Å². The lowest BCUT2D eigenvalue weighted by molar-refractivity contribution is 0.270. The number of likely N-dealkylation sites (N-methyl/N-ethyl adjacent to an activating group) is 2. The number of likely N-dealkylation sites (tertiary alicyclic amines) is 1. The average molecular weight is 268 g/mol. The molecule has 0 amide bonds. The van der Waals surface area contributed by atoms with E-state index in [1.807, 2.05) is 13.1 Å². The van der Waals surface area contributed by atoms with Gasteiger partial charge < -0.3 is 10.6 Å². The minimum Gasteiger partial charge on any atom is -0.350 e. The summed E-state index contributed by atoms with van der Waals surface area (Å²) in [6, 6.07) is 0.769. The highest BCUT2D eigenvalue weighted by molar-refractivity contribution is 7.15. The van der Waals surface area contributed by atoms with Crippen LogP contribution in [-0.4, -0.2) is 42.6 Å². The van der Waals surface area contributed by atoms with Crippen LogP contribution in [0.2, 0.25) is 0 Å². The molecule has 2 N–H and O–H groups in total. The molecule has 0 spiro atoms. The van der Waals surface area contributed by atoms with E-state index >= 15 is 0 Å². The first-order valence-corrected chi connectivity index (χ1v) is 7.60. The molecule has 1 saturated heterocycles. The molecule has 1 aliphatic heterocycles. The van der Waals surface area contributed by atoms with Gasteiger partial charge in [0, 0.05) is 36.8 Å². The number of anilines is 1. The van der Waals surface area contributed by atoms with Crippen LogP contribution >= 0.6 is 11.3 Å². The molecule has 0 aromatic carbocycles. The molecule has 2 unspecified atom stereocenters. The Balaban J connectivity index is 1.96. The number of rotatable bonds is 5. The predicted octanol–water partition coefficient (Wildman–Crippen LogP) is 2.08. The van der Waals surface area contributed by atoms with E-state index in [-0.39, 0.29) is 6.04 Å². The summed E-state index contributed by atoms with van der Waals surface area (Å²) in [5.74, 6) is 0. The second-order valence-corrected chi connectivity index (χ2v) is 6.18. The summed E-state index contributed by atoms with van der Waals surface area (Å²) in [5.41, 5.74) is 5.88. The van der Waals surface area contributed by atoms with Gasteiger partial charge in [0.2, 0.25) is 0 Å². The zero-order chi connectivity index (χ0) is 13.1. The molecule has 1 aliphatic rings. The van der Waals surface area contributed by atoms with Crippen LogP contribution in [0.15, 0.2) is 6.20 Å². The fourth-order valence-electron chi connectivity index (χ4n) is 2.58. The molecule has 0 aliphatic carbocycles. The Hall–Kier alpha value is -0.650. The lowest BCUT2D eigenvalue weighted by Crippen LogP contribution is -2.38. The molecule has 0 bridgehead atoms. The Morgan fingerprint density at radius 3 is 3.06 bits per heavy atom. The number of thiazole rings is 1. The van der Waals surface area contributed by atoms with Gasteiger partial charge in [-0.05, 0) is 32.9 Å². The zero-order valence-electron chi connectivity index (χ0n) is 11.6. The van der Waals surface area contributed by atoms with Crippen molar-refractivity contribution in [2.24, 2.45) is 5.73 Å². The van der Waals surface area contributed by atoms with Gasteiger partial charge in [0.1, 0.15) is 0 Å². The van der Waals surface area contributed by atoms with Crippen LogP contribution in [0.1, 0.15) is 37.6 Å². The Kier molecular flexibility index (Phi) is 4.59. The van der Waals surface area contributed by atoms with Crippen LogP contribution in [0, 0.1) is 0 Å². The van der Waals surface area contributed by atoms with E-state index < -0.39 is 0 Å². The van der Waals surface area contributed by atoms with Crippen LogP contribution in [0.5, 0.6) is 0 Å². The van der Waals surface area contributed by atoms with Gasteiger partial charge in [-0.3, -0.25) is 4.90 Å². The van der Waals surface area contributed by atoms with E-state index in [2.05, 4.69) is 28.8 Å². The lowest BCUT2D eigenvalue weighted by atomic mass is 10.2. The van der Waals surface area contributed by atoms with Crippen LogP contribution in [-0.2, 0) is 0 Å². The fraction of sp³-hybridized carbons (Fsp3) is 0.769. The van der Waals surface area contributed by atoms with Gasteiger partial charge in [-0.2, -0.15) is 0 Å². The van der Waals surface area contributed by atoms with E-state index in [0.29, 0.717) is 6.04 Å². The molecule has 2 rings (SSSR count). The number of hydrogen-bond donors (Lipinski definition) is 1. The summed E-state index contributed by atoms with van der Waals surface area (Å²) in [6.45, 7) is 7.72. The van der Waals surface area contributed by atoms with E-state index in [1.54, 1.807) is 11.3 Å². The van der Waals surface area contributed by atoms with E-state index in [0.717, 1.165) is 23.1 Å². The first-order valence-electron chi connectivity index (χ1n) is 6.78. The molecule has 1 aromatic heterocycles. The predicted molar refractivity (Wildman–Crippen MR) is 78.3 cm³/mol. The molecule has 4 nitrogen and oxygen atoms in total. The lowest BCUT2D eigenvalue weighted by Gasteiger charge is -2.27. The third kappa shape index (κ3) is 3.02. The van der Waals surface area contributed by atoms with Crippen molar-refractivity contribution in [2.75, 3.05) is 31.6 Å². The number of nitrogens with zero attached hydrogens (tertiary/aromatic N) is 3. The first kappa shape index (κ1) is 13.8. The minimum absolute atomic E-state index is 0.0864. The quantitative estimate of drug-likeness (QED) is 0.888. The molecule has 2 atom stereocenters. The van der Waals surface area contributed by atoms with E-state index in [9.17, 15) is 0 Å². The van der Waals surface area contributed by atoms with Gasteiger partial charge in [0.15, 0.2) is 5.13 Å². The maximum atomic E-state index is 5.88. The van der Waals surface area contributed by atoms with E-state index in [4.69, 9.17) is 5.73 Å². The highest BCUT2D eigenvalue weighted by atomic mass is 32.1. The summed E-state index contributed by atoms with van der Waals surface area (Å²) < 4.78 is 0. The van der Waals surface area contributed by atoms with Gasteiger partial charge in [0.25, 0.3) is 0 Å². The smallest absolute Gasteiger partial charge is 0.185 e. The fourth-order valence-corrected chi connectivity index (χ4v) is 3.41. The van der Waals surface area contributed by atoms with Crippen molar-refractivity contribution in [1.82, 2.24) is 9.88 Å². The van der Waals surface area contributed by atoms with Gasteiger partial charge >= 0.3 is 0 Å². The van der Waals surface area contributed by atoms with Crippen LogP contribution in [0.3, 0.4) is 0 Å². The largest absolute Gasteiger partial charge is 0.350 e. The summed E-state index contributed by atoms with van der Waals surface area (Å²) in [5, 5.41) is 1.09. The normalized spacial score (nSPS) is 22.3. The molecular weight excluding hydrogens is 244 g/mol. The Morgan fingerprint density at radius 1 is 1.67 bits per heavy atom. The van der Waals surface area contributed by atoms with Crippen molar-refractivity contribution in [3.8, 4) is 0 Å². The van der Waals surface area contributed by atoms with Crippen molar-refractivity contribution < 1.29 is 0 Å². The Morgan fingerprint density at radius 2 is 2.44 bits per heavy atom. The summed E-state index contributed by atoms with van der Waals surface area (Å²) in [6.07, 6.45) is 4.55. The third-order valence-corrected chi connectivity index (χ3v) is 4.99. The van der Waals surface area contributed by atoms with Crippen molar-refractivity contribution in [2.45, 2.75) is 38.8 Å². The monoisotopic (exact) mass is 268 g/mol. The topological polar surface area (TPSA) is 45.4 Å². The second-order valence-electron chi connectivity index (χ2n) is 5.14. The molecule has 102 valence electrons. The van der Waals surface area contributed by atoms with Crippen molar-refractivity contribution in [3.05, 3.63) is 11.1 Å². The Labute approximate surface area is 114 Å². The maximum absolute atomic E-state index is 5.88. The van der Waals surface area contributed by atoms with Crippen molar-refractivity contribution in [3.63, 3.8) is 0 Å². The van der Waals surface area contributed by atoms with Gasteiger partial charge in [0.05, 0.1) is 0 Å². The highest BCUT2D eigenvalue weighted by Crippen LogP contribution is 2.27. The third-order valence-electron chi connectivity index (χ3n) is 3.68. The first-order chi connectivity index (χ1) is 8.61. The molecule has 1 aromatic rings. The zero-order valence-corrected chi connectivity index (χ0v) is 12.4. The van der Waals surface area contributed by atoms with Crippen LogP contribution in [0.4, 0.5) is 5.13 Å². The number of hydrogen-bond acceptors (Lipinski definition) is 5. The average Bonchev–Trinajstić information content (AvgIpc) is 2.96. The molecule has 0 radical (unpaired) electrons. The standard InChI is InChI=1S/C13H24N4S/c1-4-17-7-5-6-11(17)9-16(3)13-15-8-12(18-13)10(2)14/h8,10-11H,4-7,9,14H2,1-3H3. The summed E-state index contributed by atoms with van der Waals surface area (Å²) in [4.78, 5) is 10.5. The molecule has 18 heavy (non-hydrogen) atoms. The molecule has 0 saturated carbocycles. The van der Waals surface area contributed by atoms with Gasteiger partial charge in [-0.15, -0.1) is 11.3 Å². The van der Waals surface area contributed by atoms with Gasteiger partial charge in [-0.1, -0.05) is 6.92 Å². The summed E-state index contributed by atoms with van der Waals surface area (Å²) in [7, 11) is 2.13. The minimum atomic E-state index is 0.0864.